The predicted molar refractivity (Wildman–Crippen MR) is 81.2 cm³/mol. The molecule has 1 aliphatic heterocycles. The minimum absolute atomic E-state index is 0.388. The summed E-state index contributed by atoms with van der Waals surface area (Å²) in [5.74, 6) is 0. The van der Waals surface area contributed by atoms with Crippen molar-refractivity contribution < 1.29 is 8.42 Å². The molecule has 20 heavy (non-hydrogen) atoms. The molecule has 110 valence electrons. The Morgan fingerprint density at radius 2 is 1.95 bits per heavy atom. The molecule has 1 aliphatic rings. The van der Waals surface area contributed by atoms with Crippen molar-refractivity contribution in [2.45, 2.75) is 24.7 Å². The molecule has 2 rings (SSSR count). The van der Waals surface area contributed by atoms with Crippen molar-refractivity contribution in [3.05, 3.63) is 41.5 Å². The minimum Gasteiger partial charge on any atom is -0.319 e. The lowest BCUT2D eigenvalue weighted by Crippen LogP contribution is -2.34. The molecule has 0 saturated carbocycles. The summed E-state index contributed by atoms with van der Waals surface area (Å²) in [6.07, 6.45) is 3.71. The number of benzene rings is 1. The third-order valence-electron chi connectivity index (χ3n) is 3.62. The standard InChI is InChI=1S/C15H22N2O2S/c1-13-8-11-17(12-9-13)20(18,19)15-5-3-14(4-6-15)7-10-16-2/h3-6,8,16H,7,9-12H2,1-2H3. The first-order valence-corrected chi connectivity index (χ1v) is 8.37. The molecule has 0 spiro atoms. The third kappa shape index (κ3) is 3.48. The summed E-state index contributed by atoms with van der Waals surface area (Å²) in [5.41, 5.74) is 2.41. The molecule has 0 bridgehead atoms. The quantitative estimate of drug-likeness (QED) is 0.842. The Bertz CT molecular complexity index is 576. The lowest BCUT2D eigenvalue weighted by Gasteiger charge is -2.24. The molecule has 1 N–H and O–H groups in total. The SMILES string of the molecule is CNCCc1ccc(S(=O)(=O)N2CC=C(C)CC2)cc1. The van der Waals surface area contributed by atoms with Gasteiger partial charge in [-0.15, -0.1) is 0 Å². The fourth-order valence-corrected chi connectivity index (χ4v) is 3.60. The van der Waals surface area contributed by atoms with Gasteiger partial charge in [-0.25, -0.2) is 8.42 Å². The molecule has 0 atom stereocenters. The second kappa shape index (κ2) is 6.52. The minimum atomic E-state index is -3.35. The molecule has 0 radical (unpaired) electrons. The van der Waals surface area contributed by atoms with E-state index in [2.05, 4.69) is 5.32 Å². The lowest BCUT2D eigenvalue weighted by molar-refractivity contribution is 0.431. The van der Waals surface area contributed by atoms with Crippen molar-refractivity contribution in [3.8, 4) is 0 Å². The van der Waals surface area contributed by atoms with Crippen molar-refractivity contribution in [2.24, 2.45) is 0 Å². The van der Waals surface area contributed by atoms with Crippen LogP contribution in [0.2, 0.25) is 0 Å². The maximum Gasteiger partial charge on any atom is 0.243 e. The van der Waals surface area contributed by atoms with Crippen LogP contribution in [0.15, 0.2) is 40.8 Å². The first-order chi connectivity index (χ1) is 9.54. The number of nitrogens with one attached hydrogen (secondary N) is 1. The van der Waals surface area contributed by atoms with E-state index in [4.69, 9.17) is 0 Å². The average Bonchev–Trinajstić information content (AvgIpc) is 2.46. The van der Waals surface area contributed by atoms with E-state index in [9.17, 15) is 8.42 Å². The van der Waals surface area contributed by atoms with Crippen LogP contribution in [0.4, 0.5) is 0 Å². The van der Waals surface area contributed by atoms with Gasteiger partial charge >= 0.3 is 0 Å². The van der Waals surface area contributed by atoms with Gasteiger partial charge in [0.05, 0.1) is 4.90 Å². The van der Waals surface area contributed by atoms with Crippen LogP contribution < -0.4 is 5.32 Å². The number of hydrogen-bond acceptors (Lipinski definition) is 3. The van der Waals surface area contributed by atoms with Crippen LogP contribution in [0.25, 0.3) is 0 Å². The molecule has 1 heterocycles. The molecule has 0 saturated heterocycles. The first-order valence-electron chi connectivity index (χ1n) is 6.93. The van der Waals surface area contributed by atoms with Gasteiger partial charge in [0.1, 0.15) is 0 Å². The van der Waals surface area contributed by atoms with Crippen molar-refractivity contribution >= 4 is 10.0 Å². The Labute approximate surface area is 121 Å². The Balaban J connectivity index is 2.13. The van der Waals surface area contributed by atoms with Gasteiger partial charge in [-0.3, -0.25) is 0 Å². The highest BCUT2D eigenvalue weighted by Crippen LogP contribution is 2.20. The fraction of sp³-hybridized carbons (Fsp3) is 0.467. The van der Waals surface area contributed by atoms with Gasteiger partial charge in [0.25, 0.3) is 0 Å². The normalized spacial score (nSPS) is 17.0. The predicted octanol–water partition coefficient (Wildman–Crippen LogP) is 1.79. The molecular weight excluding hydrogens is 272 g/mol. The largest absolute Gasteiger partial charge is 0.319 e. The van der Waals surface area contributed by atoms with Crippen LogP contribution in [0, 0.1) is 0 Å². The van der Waals surface area contributed by atoms with Gasteiger partial charge in [0, 0.05) is 13.1 Å². The zero-order valence-corrected chi connectivity index (χ0v) is 12.9. The maximum absolute atomic E-state index is 12.5. The van der Waals surface area contributed by atoms with Crippen LogP contribution in [0.1, 0.15) is 18.9 Å². The second-order valence-corrected chi connectivity index (χ2v) is 7.10. The van der Waals surface area contributed by atoms with Crippen molar-refractivity contribution in [1.82, 2.24) is 9.62 Å². The monoisotopic (exact) mass is 294 g/mol. The van der Waals surface area contributed by atoms with Crippen LogP contribution >= 0.6 is 0 Å². The molecule has 0 amide bonds. The summed E-state index contributed by atoms with van der Waals surface area (Å²) in [6, 6.07) is 7.22. The molecule has 0 aromatic heterocycles. The smallest absolute Gasteiger partial charge is 0.243 e. The van der Waals surface area contributed by atoms with Crippen molar-refractivity contribution in [3.63, 3.8) is 0 Å². The lowest BCUT2D eigenvalue weighted by atomic mass is 10.1. The number of hydrogen-bond donors (Lipinski definition) is 1. The van der Waals surface area contributed by atoms with Gasteiger partial charge in [-0.2, -0.15) is 4.31 Å². The van der Waals surface area contributed by atoms with Crippen molar-refractivity contribution in [2.75, 3.05) is 26.7 Å². The van der Waals surface area contributed by atoms with Crippen LogP contribution in [-0.4, -0.2) is 39.4 Å². The molecule has 1 aromatic carbocycles. The molecule has 0 aliphatic carbocycles. The van der Waals surface area contributed by atoms with E-state index >= 15 is 0 Å². The van der Waals surface area contributed by atoms with Gasteiger partial charge in [-0.1, -0.05) is 23.8 Å². The van der Waals surface area contributed by atoms with E-state index in [0.717, 1.165) is 24.9 Å². The average molecular weight is 294 g/mol. The summed E-state index contributed by atoms with van der Waals surface area (Å²) in [6.45, 7) is 3.99. The number of rotatable bonds is 5. The van der Waals surface area contributed by atoms with E-state index in [1.54, 1.807) is 16.4 Å². The van der Waals surface area contributed by atoms with Gasteiger partial charge in [-0.05, 0) is 51.1 Å². The molecule has 4 nitrogen and oxygen atoms in total. The zero-order valence-electron chi connectivity index (χ0n) is 12.1. The molecular formula is C15H22N2O2S. The molecule has 0 unspecified atom stereocenters. The summed E-state index contributed by atoms with van der Waals surface area (Å²) in [4.78, 5) is 0.388. The fourth-order valence-electron chi connectivity index (χ4n) is 2.22. The highest BCUT2D eigenvalue weighted by Gasteiger charge is 2.25. The Kier molecular flexibility index (Phi) is 4.96. The Morgan fingerprint density at radius 1 is 1.25 bits per heavy atom. The number of nitrogens with zero attached hydrogens (tertiary/aromatic N) is 1. The topological polar surface area (TPSA) is 49.4 Å². The van der Waals surface area contributed by atoms with Crippen LogP contribution in [0.5, 0.6) is 0 Å². The van der Waals surface area contributed by atoms with E-state index < -0.39 is 10.0 Å². The van der Waals surface area contributed by atoms with Gasteiger partial charge < -0.3 is 5.32 Å². The van der Waals surface area contributed by atoms with Crippen LogP contribution in [0.3, 0.4) is 0 Å². The highest BCUT2D eigenvalue weighted by molar-refractivity contribution is 7.89. The van der Waals surface area contributed by atoms with E-state index in [0.29, 0.717) is 18.0 Å². The summed E-state index contributed by atoms with van der Waals surface area (Å²) >= 11 is 0. The zero-order chi connectivity index (χ0) is 14.6. The van der Waals surface area contributed by atoms with E-state index in [1.165, 1.54) is 5.57 Å². The van der Waals surface area contributed by atoms with E-state index in [-0.39, 0.29) is 0 Å². The summed E-state index contributed by atoms with van der Waals surface area (Å²) in [7, 11) is -1.44. The van der Waals surface area contributed by atoms with Crippen LogP contribution in [-0.2, 0) is 16.4 Å². The molecule has 5 heteroatoms. The number of likely N-dealkylation sites (N-methyl/N-ethyl adjacent to an activating group) is 1. The number of sulfonamides is 1. The van der Waals surface area contributed by atoms with E-state index in [1.807, 2.05) is 32.2 Å². The highest BCUT2D eigenvalue weighted by atomic mass is 32.2. The Hall–Kier alpha value is -1.17. The Morgan fingerprint density at radius 3 is 2.50 bits per heavy atom. The summed E-state index contributed by atoms with van der Waals surface area (Å²) in [5, 5.41) is 3.08. The maximum atomic E-state index is 12.5. The molecule has 0 fully saturated rings. The van der Waals surface area contributed by atoms with Gasteiger partial charge in [0.2, 0.25) is 10.0 Å². The molecule has 1 aromatic rings. The van der Waals surface area contributed by atoms with Gasteiger partial charge in [0.15, 0.2) is 0 Å². The first kappa shape index (κ1) is 15.2. The summed E-state index contributed by atoms with van der Waals surface area (Å²) < 4.78 is 26.6. The third-order valence-corrected chi connectivity index (χ3v) is 5.50. The van der Waals surface area contributed by atoms with Crippen molar-refractivity contribution in [1.29, 1.82) is 0 Å². The second-order valence-electron chi connectivity index (χ2n) is 5.16.